The van der Waals surface area contributed by atoms with Crippen molar-refractivity contribution in [2.45, 2.75) is 0 Å². The molecular weight excluding hydrogens is 374 g/mol. The van der Waals surface area contributed by atoms with Crippen LogP contribution >= 0.6 is 27.5 Å². The zero-order valence-corrected chi connectivity index (χ0v) is 13.7. The molecule has 0 unspecified atom stereocenters. The molecule has 0 aliphatic rings. The molecule has 0 radical (unpaired) electrons. The third kappa shape index (κ3) is 4.53. The number of halogens is 2. The van der Waals surface area contributed by atoms with Crippen LogP contribution in [0.25, 0.3) is 0 Å². The molecule has 0 saturated carbocycles. The second kappa shape index (κ2) is 7.14. The van der Waals surface area contributed by atoms with Gasteiger partial charge in [0.25, 0.3) is 0 Å². The van der Waals surface area contributed by atoms with E-state index in [0.29, 0.717) is 4.47 Å². The predicted molar refractivity (Wildman–Crippen MR) is 80.6 cm³/mol. The molecule has 0 saturated heterocycles. The molecule has 0 atom stereocenters. The Kier molecular flexibility index (Phi) is 6.09. The van der Waals surface area contributed by atoms with Gasteiger partial charge in [-0.1, -0.05) is 15.9 Å². The highest BCUT2D eigenvalue weighted by Crippen LogP contribution is 2.32. The number of alkyl halides is 1. The molecule has 0 aliphatic heterocycles. The van der Waals surface area contributed by atoms with E-state index in [4.69, 9.17) is 21.4 Å². The number of carboxylic acids is 1. The zero-order valence-electron chi connectivity index (χ0n) is 10.5. The van der Waals surface area contributed by atoms with Gasteiger partial charge >= 0.3 is 5.97 Å². The third-order valence-electron chi connectivity index (χ3n) is 2.36. The van der Waals surface area contributed by atoms with Gasteiger partial charge in [-0.15, -0.1) is 11.6 Å². The highest BCUT2D eigenvalue weighted by atomic mass is 79.9. The summed E-state index contributed by atoms with van der Waals surface area (Å²) in [5, 5.41) is 11.8. The monoisotopic (exact) mass is 385 g/mol. The number of anilines is 1. The highest BCUT2D eigenvalue weighted by Gasteiger charge is 2.18. The summed E-state index contributed by atoms with van der Waals surface area (Å²) in [6.07, 6.45) is 0. The van der Waals surface area contributed by atoms with E-state index in [1.54, 1.807) is 6.07 Å². The summed E-state index contributed by atoms with van der Waals surface area (Å²) in [5.74, 6) is -1.62. The molecule has 1 aromatic carbocycles. The second-order valence-electron chi connectivity index (χ2n) is 3.80. The summed E-state index contributed by atoms with van der Waals surface area (Å²) in [5.41, 5.74) is 0.205. The van der Waals surface area contributed by atoms with Crippen LogP contribution in [0.1, 0.15) is 10.4 Å². The Balaban J connectivity index is 3.09. The average Bonchev–Trinajstić information content (AvgIpc) is 2.35. The molecule has 0 heterocycles. The first kappa shape index (κ1) is 17.1. The van der Waals surface area contributed by atoms with Crippen LogP contribution in [0.2, 0.25) is 0 Å². The van der Waals surface area contributed by atoms with Gasteiger partial charge in [0, 0.05) is 10.4 Å². The summed E-state index contributed by atoms with van der Waals surface area (Å²) in [7, 11) is -2.05. The average molecular weight is 387 g/mol. The summed E-state index contributed by atoms with van der Waals surface area (Å²) < 4.78 is 28.7. The molecule has 0 amide bonds. The maximum absolute atomic E-state index is 11.6. The molecule has 20 heavy (non-hydrogen) atoms. The van der Waals surface area contributed by atoms with Gasteiger partial charge in [-0.3, -0.25) is 0 Å². The van der Waals surface area contributed by atoms with E-state index in [0.717, 1.165) is 0 Å². The lowest BCUT2D eigenvalue weighted by Gasteiger charge is -2.14. The standard InChI is InChI=1S/C11H13BrClNO5S/c1-19-10-8(11(15)16)4-7(12)5-9(10)14-6-20(17,18)3-2-13/h4-5,14H,2-3,6H2,1H3,(H,15,16). The fraction of sp³-hybridized carbons (Fsp3) is 0.364. The number of methoxy groups -OCH3 is 1. The molecule has 9 heteroatoms. The molecule has 1 rings (SSSR count). The SMILES string of the molecule is COc1c(NCS(=O)(=O)CCCl)cc(Br)cc1C(=O)O. The Labute approximate surface area is 130 Å². The number of hydrogen-bond acceptors (Lipinski definition) is 5. The lowest BCUT2D eigenvalue weighted by Crippen LogP contribution is -2.19. The fourth-order valence-electron chi connectivity index (χ4n) is 1.48. The van der Waals surface area contributed by atoms with E-state index in [9.17, 15) is 13.2 Å². The molecule has 1 aromatic rings. The number of sulfone groups is 1. The number of carbonyl (C=O) groups is 1. The lowest BCUT2D eigenvalue weighted by atomic mass is 10.1. The van der Waals surface area contributed by atoms with E-state index in [1.165, 1.54) is 13.2 Å². The molecule has 112 valence electrons. The molecule has 0 aliphatic carbocycles. The van der Waals surface area contributed by atoms with Crippen LogP contribution in [0, 0.1) is 0 Å². The van der Waals surface area contributed by atoms with Crippen molar-refractivity contribution in [2.24, 2.45) is 0 Å². The first-order valence-corrected chi connectivity index (χ1v) is 8.56. The topological polar surface area (TPSA) is 92.7 Å². The Bertz CT molecular complexity index is 605. The molecule has 0 bridgehead atoms. The van der Waals surface area contributed by atoms with E-state index in [-0.39, 0.29) is 34.5 Å². The first-order chi connectivity index (χ1) is 9.30. The smallest absolute Gasteiger partial charge is 0.339 e. The highest BCUT2D eigenvalue weighted by molar-refractivity contribution is 9.10. The number of aromatic carboxylic acids is 1. The van der Waals surface area contributed by atoms with Crippen molar-refractivity contribution in [3.05, 3.63) is 22.2 Å². The van der Waals surface area contributed by atoms with Crippen molar-refractivity contribution in [3.8, 4) is 5.75 Å². The minimum atomic E-state index is -3.36. The van der Waals surface area contributed by atoms with Crippen molar-refractivity contribution in [1.29, 1.82) is 0 Å². The maximum atomic E-state index is 11.6. The van der Waals surface area contributed by atoms with E-state index < -0.39 is 15.8 Å². The Morgan fingerprint density at radius 3 is 2.65 bits per heavy atom. The number of rotatable bonds is 7. The van der Waals surface area contributed by atoms with Gasteiger partial charge in [-0.2, -0.15) is 0 Å². The van der Waals surface area contributed by atoms with Crippen molar-refractivity contribution in [2.75, 3.05) is 29.9 Å². The van der Waals surface area contributed by atoms with Crippen LogP contribution in [0.5, 0.6) is 5.75 Å². The van der Waals surface area contributed by atoms with Crippen molar-refractivity contribution in [1.82, 2.24) is 0 Å². The quantitative estimate of drug-likeness (QED) is 0.698. The number of benzene rings is 1. The fourth-order valence-corrected chi connectivity index (χ4v) is 3.40. The summed E-state index contributed by atoms with van der Waals surface area (Å²) in [6, 6.07) is 2.92. The van der Waals surface area contributed by atoms with E-state index in [2.05, 4.69) is 21.2 Å². The second-order valence-corrected chi connectivity index (χ2v) is 7.27. The van der Waals surface area contributed by atoms with Crippen LogP contribution < -0.4 is 10.1 Å². The van der Waals surface area contributed by atoms with Gasteiger partial charge in [-0.25, -0.2) is 13.2 Å². The van der Waals surface area contributed by atoms with E-state index >= 15 is 0 Å². The van der Waals surface area contributed by atoms with Crippen molar-refractivity contribution >= 4 is 49.0 Å². The minimum Gasteiger partial charge on any atom is -0.494 e. The predicted octanol–water partition coefficient (Wildman–Crippen LogP) is 2.18. The van der Waals surface area contributed by atoms with Gasteiger partial charge in [0.2, 0.25) is 0 Å². The number of nitrogens with one attached hydrogen (secondary N) is 1. The van der Waals surface area contributed by atoms with Crippen molar-refractivity contribution in [3.63, 3.8) is 0 Å². The van der Waals surface area contributed by atoms with Crippen LogP contribution in [-0.4, -0.2) is 44.1 Å². The van der Waals surface area contributed by atoms with E-state index in [1.807, 2.05) is 0 Å². The largest absolute Gasteiger partial charge is 0.494 e. The van der Waals surface area contributed by atoms with Gasteiger partial charge < -0.3 is 15.2 Å². The van der Waals surface area contributed by atoms with Gasteiger partial charge in [0.05, 0.1) is 18.6 Å². The van der Waals surface area contributed by atoms with Gasteiger partial charge in [0.15, 0.2) is 15.6 Å². The Hall–Kier alpha value is -0.990. The third-order valence-corrected chi connectivity index (χ3v) is 4.64. The summed E-state index contributed by atoms with van der Waals surface area (Å²) in [4.78, 5) is 11.1. The molecule has 0 spiro atoms. The maximum Gasteiger partial charge on any atom is 0.339 e. The number of ether oxygens (including phenoxy) is 1. The molecular formula is C11H13BrClNO5S. The number of hydrogen-bond donors (Lipinski definition) is 2. The zero-order chi connectivity index (χ0) is 15.3. The van der Waals surface area contributed by atoms with Crippen LogP contribution in [-0.2, 0) is 9.84 Å². The minimum absolute atomic E-state index is 0.00000824. The Morgan fingerprint density at radius 1 is 1.50 bits per heavy atom. The normalized spacial score (nSPS) is 11.2. The van der Waals surface area contributed by atoms with Gasteiger partial charge in [0.1, 0.15) is 11.4 Å². The number of carboxylic acid groups (broad SMARTS) is 1. The molecule has 0 aromatic heterocycles. The van der Waals surface area contributed by atoms with Gasteiger partial charge in [-0.05, 0) is 12.1 Å². The van der Waals surface area contributed by atoms with Crippen LogP contribution in [0.3, 0.4) is 0 Å². The molecule has 6 nitrogen and oxygen atoms in total. The first-order valence-electron chi connectivity index (χ1n) is 5.42. The lowest BCUT2D eigenvalue weighted by molar-refractivity contribution is 0.0693. The van der Waals surface area contributed by atoms with Crippen LogP contribution in [0.15, 0.2) is 16.6 Å². The van der Waals surface area contributed by atoms with Crippen molar-refractivity contribution < 1.29 is 23.1 Å². The Morgan fingerprint density at radius 2 is 2.15 bits per heavy atom. The molecule has 2 N–H and O–H groups in total. The summed E-state index contributed by atoms with van der Waals surface area (Å²) in [6.45, 7) is 0. The summed E-state index contributed by atoms with van der Waals surface area (Å²) >= 11 is 8.57. The van der Waals surface area contributed by atoms with Crippen LogP contribution in [0.4, 0.5) is 5.69 Å². The molecule has 0 fully saturated rings.